The zero-order chi connectivity index (χ0) is 17.7. The van der Waals surface area contributed by atoms with Crippen LogP contribution in [0.15, 0.2) is 30.3 Å². The molecule has 2 aliphatic heterocycles. The van der Waals surface area contributed by atoms with Crippen LogP contribution in [0, 0.1) is 0 Å². The number of urea groups is 1. The molecule has 2 saturated heterocycles. The Bertz CT molecular complexity index is 561. The van der Waals surface area contributed by atoms with Crippen LogP contribution in [0.4, 0.5) is 4.79 Å². The van der Waals surface area contributed by atoms with Crippen LogP contribution in [0.25, 0.3) is 0 Å². The second kappa shape index (κ2) is 8.19. The lowest BCUT2D eigenvalue weighted by Gasteiger charge is -2.38. The molecule has 2 atom stereocenters. The van der Waals surface area contributed by atoms with Crippen LogP contribution in [-0.2, 0) is 15.9 Å². The summed E-state index contributed by atoms with van der Waals surface area (Å²) in [6.07, 6.45) is 3.79. The molecule has 138 valence electrons. The largest absolute Gasteiger partial charge is 0.375 e. The van der Waals surface area contributed by atoms with Crippen molar-refractivity contribution in [3.63, 3.8) is 0 Å². The van der Waals surface area contributed by atoms with E-state index < -0.39 is 0 Å². The molecule has 0 aliphatic carbocycles. The second-order valence-electron chi connectivity index (χ2n) is 7.71. The molecular weight excluding hydrogens is 316 g/mol. The van der Waals surface area contributed by atoms with Crippen molar-refractivity contribution in [1.82, 2.24) is 10.2 Å². The Hall–Kier alpha value is -1.59. The molecule has 1 aromatic carbocycles. The van der Waals surface area contributed by atoms with Crippen molar-refractivity contribution in [2.75, 3.05) is 26.3 Å². The van der Waals surface area contributed by atoms with Gasteiger partial charge in [0.1, 0.15) is 0 Å². The summed E-state index contributed by atoms with van der Waals surface area (Å²) >= 11 is 0. The molecule has 0 unspecified atom stereocenters. The summed E-state index contributed by atoms with van der Waals surface area (Å²) in [4.78, 5) is 14.5. The Balaban J connectivity index is 1.46. The number of nitrogens with zero attached hydrogens (tertiary/aromatic N) is 1. The first-order valence-corrected chi connectivity index (χ1v) is 9.37. The third-order valence-corrected chi connectivity index (χ3v) is 5.05. The van der Waals surface area contributed by atoms with Gasteiger partial charge in [-0.2, -0.15) is 0 Å². The summed E-state index contributed by atoms with van der Waals surface area (Å²) in [5.41, 5.74) is 1.16. The normalized spacial score (nSPS) is 26.2. The molecule has 5 nitrogen and oxygen atoms in total. The Morgan fingerprint density at radius 3 is 2.84 bits per heavy atom. The summed E-state index contributed by atoms with van der Waals surface area (Å²) in [7, 11) is 0. The van der Waals surface area contributed by atoms with Gasteiger partial charge in [-0.05, 0) is 45.1 Å². The molecular formula is C20H30N2O3. The van der Waals surface area contributed by atoms with Crippen LogP contribution >= 0.6 is 0 Å². The van der Waals surface area contributed by atoms with Gasteiger partial charge in [0.15, 0.2) is 0 Å². The summed E-state index contributed by atoms with van der Waals surface area (Å²) in [6, 6.07) is 10.7. The van der Waals surface area contributed by atoms with Crippen LogP contribution < -0.4 is 5.32 Å². The number of hydrogen-bond acceptors (Lipinski definition) is 3. The number of morpholine rings is 1. The zero-order valence-corrected chi connectivity index (χ0v) is 15.4. The van der Waals surface area contributed by atoms with Crippen molar-refractivity contribution in [3.8, 4) is 0 Å². The molecule has 0 radical (unpaired) electrons. The number of nitrogens with one attached hydrogen (secondary N) is 1. The SMILES string of the molecule is CC1(C)C[C@@H](NC(=O)N2CCO[C@@H](CCc3ccccc3)C2)CCO1. The topological polar surface area (TPSA) is 50.8 Å². The molecule has 0 spiro atoms. The molecule has 0 aromatic heterocycles. The minimum atomic E-state index is -0.153. The highest BCUT2D eigenvalue weighted by molar-refractivity contribution is 5.74. The van der Waals surface area contributed by atoms with E-state index in [4.69, 9.17) is 9.47 Å². The quantitative estimate of drug-likeness (QED) is 0.912. The average Bonchev–Trinajstić information content (AvgIpc) is 2.60. The predicted molar refractivity (Wildman–Crippen MR) is 97.7 cm³/mol. The lowest BCUT2D eigenvalue weighted by Crippen LogP contribution is -2.54. The zero-order valence-electron chi connectivity index (χ0n) is 15.4. The molecule has 5 heteroatoms. The average molecular weight is 346 g/mol. The van der Waals surface area contributed by atoms with Crippen molar-refractivity contribution >= 4 is 6.03 Å². The van der Waals surface area contributed by atoms with E-state index in [0.29, 0.717) is 26.3 Å². The smallest absolute Gasteiger partial charge is 0.317 e. The van der Waals surface area contributed by atoms with Gasteiger partial charge in [0.2, 0.25) is 0 Å². The number of ether oxygens (including phenoxy) is 2. The maximum Gasteiger partial charge on any atom is 0.317 e. The fourth-order valence-electron chi connectivity index (χ4n) is 3.67. The lowest BCUT2D eigenvalue weighted by atomic mass is 9.94. The Morgan fingerprint density at radius 2 is 2.08 bits per heavy atom. The van der Waals surface area contributed by atoms with E-state index in [1.807, 2.05) is 11.0 Å². The van der Waals surface area contributed by atoms with E-state index in [1.54, 1.807) is 0 Å². The maximum atomic E-state index is 12.6. The van der Waals surface area contributed by atoms with Gasteiger partial charge in [0, 0.05) is 25.7 Å². The number of carbonyl (C=O) groups is 1. The van der Waals surface area contributed by atoms with Crippen molar-refractivity contribution < 1.29 is 14.3 Å². The third-order valence-electron chi connectivity index (χ3n) is 5.05. The lowest BCUT2D eigenvalue weighted by molar-refractivity contribution is -0.0626. The molecule has 2 aliphatic rings. The monoisotopic (exact) mass is 346 g/mol. The van der Waals surface area contributed by atoms with E-state index in [-0.39, 0.29) is 23.8 Å². The third kappa shape index (κ3) is 5.44. The Labute approximate surface area is 150 Å². The van der Waals surface area contributed by atoms with Gasteiger partial charge in [-0.3, -0.25) is 0 Å². The first-order chi connectivity index (χ1) is 12.0. The van der Waals surface area contributed by atoms with Gasteiger partial charge >= 0.3 is 6.03 Å². The number of carbonyl (C=O) groups excluding carboxylic acids is 1. The number of aryl methyl sites for hydroxylation is 1. The second-order valence-corrected chi connectivity index (χ2v) is 7.71. The van der Waals surface area contributed by atoms with Gasteiger partial charge in [-0.1, -0.05) is 30.3 Å². The minimum Gasteiger partial charge on any atom is -0.375 e. The summed E-state index contributed by atoms with van der Waals surface area (Å²) in [5.74, 6) is 0. The number of hydrogen-bond donors (Lipinski definition) is 1. The fourth-order valence-corrected chi connectivity index (χ4v) is 3.67. The molecule has 1 aromatic rings. The molecule has 0 bridgehead atoms. The summed E-state index contributed by atoms with van der Waals surface area (Å²) in [6.45, 7) is 6.83. The number of rotatable bonds is 4. The Kier molecular flexibility index (Phi) is 5.97. The molecule has 2 fully saturated rings. The number of benzene rings is 1. The van der Waals surface area contributed by atoms with Crippen LogP contribution in [0.1, 0.15) is 38.7 Å². The summed E-state index contributed by atoms with van der Waals surface area (Å²) < 4.78 is 11.6. The van der Waals surface area contributed by atoms with E-state index in [2.05, 4.69) is 43.4 Å². The van der Waals surface area contributed by atoms with Gasteiger partial charge in [-0.25, -0.2) is 4.79 Å². The van der Waals surface area contributed by atoms with Crippen LogP contribution in [0.3, 0.4) is 0 Å². The summed E-state index contributed by atoms with van der Waals surface area (Å²) in [5, 5.41) is 3.19. The van der Waals surface area contributed by atoms with Crippen molar-refractivity contribution in [2.24, 2.45) is 0 Å². The highest BCUT2D eigenvalue weighted by Crippen LogP contribution is 2.24. The molecule has 25 heavy (non-hydrogen) atoms. The van der Waals surface area contributed by atoms with Gasteiger partial charge < -0.3 is 19.7 Å². The van der Waals surface area contributed by atoms with E-state index in [9.17, 15) is 4.79 Å². The fraction of sp³-hybridized carbons (Fsp3) is 0.650. The first kappa shape index (κ1) is 18.2. The van der Waals surface area contributed by atoms with E-state index >= 15 is 0 Å². The van der Waals surface area contributed by atoms with Gasteiger partial charge in [-0.15, -0.1) is 0 Å². The van der Waals surface area contributed by atoms with E-state index in [0.717, 1.165) is 25.7 Å². The highest BCUT2D eigenvalue weighted by Gasteiger charge is 2.31. The maximum absolute atomic E-state index is 12.6. The van der Waals surface area contributed by atoms with Crippen molar-refractivity contribution in [1.29, 1.82) is 0 Å². The minimum absolute atomic E-state index is 0.0377. The van der Waals surface area contributed by atoms with Crippen LogP contribution in [-0.4, -0.2) is 55.0 Å². The van der Waals surface area contributed by atoms with E-state index in [1.165, 1.54) is 5.56 Å². The standard InChI is InChI=1S/C20H30N2O3/c1-20(2)14-17(10-12-25-20)21-19(23)22-11-13-24-18(15-22)9-8-16-6-4-3-5-7-16/h3-7,17-18H,8-15H2,1-2H3,(H,21,23)/t17-,18-/m0/s1. The Morgan fingerprint density at radius 1 is 1.28 bits per heavy atom. The molecule has 1 N–H and O–H groups in total. The van der Waals surface area contributed by atoms with Crippen molar-refractivity contribution in [3.05, 3.63) is 35.9 Å². The van der Waals surface area contributed by atoms with Crippen LogP contribution in [0.5, 0.6) is 0 Å². The van der Waals surface area contributed by atoms with Crippen molar-refractivity contribution in [2.45, 2.75) is 57.3 Å². The van der Waals surface area contributed by atoms with Crippen LogP contribution in [0.2, 0.25) is 0 Å². The predicted octanol–water partition coefficient (Wildman–Crippen LogP) is 2.99. The number of amides is 2. The molecule has 2 amide bonds. The highest BCUT2D eigenvalue weighted by atomic mass is 16.5. The first-order valence-electron chi connectivity index (χ1n) is 9.37. The van der Waals surface area contributed by atoms with Gasteiger partial charge in [0.05, 0.1) is 18.3 Å². The molecule has 3 rings (SSSR count). The molecule has 2 heterocycles. The van der Waals surface area contributed by atoms with Gasteiger partial charge in [0.25, 0.3) is 0 Å². The molecule has 0 saturated carbocycles.